The predicted molar refractivity (Wildman–Crippen MR) is 86.7 cm³/mol. The van der Waals surface area contributed by atoms with Crippen molar-refractivity contribution in [3.8, 4) is 0 Å². The number of nitrogens with two attached hydrogens (primary N) is 1. The van der Waals surface area contributed by atoms with Gasteiger partial charge in [0.2, 0.25) is 0 Å². The normalized spacial score (nSPS) is 10.0. The summed E-state index contributed by atoms with van der Waals surface area (Å²) in [5, 5.41) is 5.61. The van der Waals surface area contributed by atoms with Crippen LogP contribution >= 0.6 is 0 Å². The zero-order valence-electron chi connectivity index (χ0n) is 13.0. The van der Waals surface area contributed by atoms with Crippen LogP contribution in [-0.2, 0) is 16.0 Å². The highest BCUT2D eigenvalue weighted by molar-refractivity contribution is 6.09. The molecule has 0 unspecified atom stereocenters. The zero-order chi connectivity index (χ0) is 16.3. The lowest BCUT2D eigenvalue weighted by Crippen LogP contribution is -1.96. The molecular formula is C16H23N3O2. The Morgan fingerprint density at radius 1 is 1.29 bits per heavy atom. The Balaban J connectivity index is 0.000000579. The molecule has 1 aromatic carbocycles. The van der Waals surface area contributed by atoms with Gasteiger partial charge in [-0.25, -0.2) is 4.68 Å². The van der Waals surface area contributed by atoms with Crippen LogP contribution in [0.3, 0.4) is 0 Å². The van der Waals surface area contributed by atoms with Crippen LogP contribution in [-0.4, -0.2) is 22.4 Å². The number of hydrogen-bond acceptors (Lipinski definition) is 4. The van der Waals surface area contributed by atoms with Crippen molar-refractivity contribution in [1.82, 2.24) is 9.78 Å². The lowest BCUT2D eigenvalue weighted by molar-refractivity contribution is -0.122. The summed E-state index contributed by atoms with van der Waals surface area (Å²) in [6.45, 7) is 8.08. The van der Waals surface area contributed by atoms with Crippen molar-refractivity contribution in [3.63, 3.8) is 0 Å². The Morgan fingerprint density at radius 3 is 2.38 bits per heavy atom. The third-order valence-electron chi connectivity index (χ3n) is 2.64. The second kappa shape index (κ2) is 10.4. The van der Waals surface area contributed by atoms with Gasteiger partial charge in [-0.1, -0.05) is 32.9 Å². The average Bonchev–Trinajstić information content (AvgIpc) is 2.99. The molecule has 0 aliphatic rings. The molecule has 0 aliphatic heterocycles. The maximum absolute atomic E-state index is 8.81. The lowest BCUT2D eigenvalue weighted by Gasteiger charge is -1.96. The number of benzene rings is 1. The van der Waals surface area contributed by atoms with E-state index in [1.807, 2.05) is 31.6 Å². The van der Waals surface area contributed by atoms with Gasteiger partial charge in [0.1, 0.15) is 0 Å². The first-order valence-corrected chi connectivity index (χ1v) is 6.92. The van der Waals surface area contributed by atoms with Crippen LogP contribution in [0.5, 0.6) is 0 Å². The summed E-state index contributed by atoms with van der Waals surface area (Å²) < 4.78 is 1.81. The first-order chi connectivity index (χ1) is 10.2. The number of aryl methyl sites for hydroxylation is 1. The molecule has 2 aromatic rings. The molecule has 0 radical (unpaired) electrons. The molecule has 0 aliphatic carbocycles. The molecule has 2 rings (SSSR count). The second-order valence-corrected chi connectivity index (χ2v) is 3.90. The molecule has 21 heavy (non-hydrogen) atoms. The first kappa shape index (κ1) is 18.6. The molecule has 0 saturated heterocycles. The number of rotatable bonds is 3. The van der Waals surface area contributed by atoms with E-state index in [0.29, 0.717) is 0 Å². The molecule has 0 saturated carbocycles. The average molecular weight is 289 g/mol. The van der Waals surface area contributed by atoms with Crippen molar-refractivity contribution in [2.45, 2.75) is 34.1 Å². The summed E-state index contributed by atoms with van der Waals surface area (Å²) in [4.78, 5) is 17.6. The smallest absolute Gasteiger partial charge is 0.182 e. The summed E-state index contributed by atoms with van der Waals surface area (Å²) in [5.41, 5.74) is 8.72. The molecule has 1 heterocycles. The minimum Gasteiger partial charge on any atom is -0.403 e. The molecule has 0 fully saturated rings. The highest BCUT2D eigenvalue weighted by atomic mass is 16.2. The van der Waals surface area contributed by atoms with E-state index in [4.69, 9.17) is 15.3 Å². The fraction of sp³-hybridized carbons (Fsp3) is 0.312. The summed E-state index contributed by atoms with van der Waals surface area (Å²) >= 11 is 0. The minimum atomic E-state index is 0.194. The Labute approximate surface area is 125 Å². The van der Waals surface area contributed by atoms with Crippen LogP contribution in [0, 0.1) is 0 Å². The standard InChI is InChI=1S/C12H15N3.C2H2O2.C2H6/c1-3-10-4-5-11-8-15(9(2)7-13)14-12(11)6-10;3-1-2-4;1-2/h4-8H,3,13H2,1-2H3;1-2H;1-2H3/b9-7-;;. The number of allylic oxidation sites excluding steroid dienone is 1. The van der Waals surface area contributed by atoms with Gasteiger partial charge in [0, 0.05) is 17.8 Å². The highest BCUT2D eigenvalue weighted by Crippen LogP contribution is 2.16. The summed E-state index contributed by atoms with van der Waals surface area (Å²) in [7, 11) is 0. The first-order valence-electron chi connectivity index (χ1n) is 6.92. The fourth-order valence-electron chi connectivity index (χ4n) is 1.54. The zero-order valence-corrected chi connectivity index (χ0v) is 13.0. The van der Waals surface area contributed by atoms with Gasteiger partial charge in [0.15, 0.2) is 12.6 Å². The van der Waals surface area contributed by atoms with Crippen LogP contribution in [0.4, 0.5) is 0 Å². The molecule has 1 aromatic heterocycles. The predicted octanol–water partition coefficient (Wildman–Crippen LogP) is 2.79. The summed E-state index contributed by atoms with van der Waals surface area (Å²) in [6, 6.07) is 6.35. The largest absolute Gasteiger partial charge is 0.403 e. The summed E-state index contributed by atoms with van der Waals surface area (Å²) in [5.74, 6) is 0. The molecular weight excluding hydrogens is 266 g/mol. The topological polar surface area (TPSA) is 78.0 Å². The van der Waals surface area contributed by atoms with Gasteiger partial charge in [0.05, 0.1) is 11.2 Å². The van der Waals surface area contributed by atoms with E-state index in [0.717, 1.165) is 23.0 Å². The number of carbonyl (C=O) groups is 2. The molecule has 2 N–H and O–H groups in total. The van der Waals surface area contributed by atoms with Crippen LogP contribution in [0.1, 0.15) is 33.3 Å². The number of fused-ring (bicyclic) bond motifs is 1. The SMILES string of the molecule is CC.CCc1ccc2cn(/C(C)=C\N)nc2c1.O=CC=O. The van der Waals surface area contributed by atoms with Crippen LogP contribution in [0.2, 0.25) is 0 Å². The number of carbonyl (C=O) groups excluding carboxylic acids is 2. The van der Waals surface area contributed by atoms with Gasteiger partial charge in [0.25, 0.3) is 0 Å². The van der Waals surface area contributed by atoms with Crippen molar-refractivity contribution in [1.29, 1.82) is 0 Å². The van der Waals surface area contributed by atoms with Crippen molar-refractivity contribution in [2.24, 2.45) is 5.73 Å². The van der Waals surface area contributed by atoms with E-state index in [9.17, 15) is 0 Å². The maximum atomic E-state index is 8.81. The van der Waals surface area contributed by atoms with Crippen molar-refractivity contribution < 1.29 is 9.59 Å². The fourth-order valence-corrected chi connectivity index (χ4v) is 1.54. The Hall–Kier alpha value is -2.43. The van der Waals surface area contributed by atoms with Gasteiger partial charge < -0.3 is 5.73 Å². The Morgan fingerprint density at radius 2 is 1.90 bits per heavy atom. The molecule has 0 spiro atoms. The van der Waals surface area contributed by atoms with Crippen molar-refractivity contribution in [3.05, 3.63) is 36.2 Å². The molecule has 5 nitrogen and oxygen atoms in total. The Kier molecular flexibility index (Phi) is 9.17. The third kappa shape index (κ3) is 5.60. The highest BCUT2D eigenvalue weighted by Gasteiger charge is 2.01. The van der Waals surface area contributed by atoms with Crippen LogP contribution < -0.4 is 5.73 Å². The summed E-state index contributed by atoms with van der Waals surface area (Å²) in [6.07, 6.45) is 4.98. The van der Waals surface area contributed by atoms with Gasteiger partial charge in [-0.05, 0) is 25.0 Å². The van der Waals surface area contributed by atoms with Gasteiger partial charge in [-0.2, -0.15) is 5.10 Å². The van der Waals surface area contributed by atoms with Crippen molar-refractivity contribution in [2.75, 3.05) is 0 Å². The molecule has 0 atom stereocenters. The van der Waals surface area contributed by atoms with E-state index < -0.39 is 0 Å². The number of nitrogens with zero attached hydrogens (tertiary/aromatic N) is 2. The third-order valence-corrected chi connectivity index (χ3v) is 2.64. The molecule has 0 bridgehead atoms. The van der Waals surface area contributed by atoms with Crippen LogP contribution in [0.25, 0.3) is 16.6 Å². The quantitative estimate of drug-likeness (QED) is 0.696. The van der Waals surface area contributed by atoms with Gasteiger partial charge in [-0.3, -0.25) is 9.59 Å². The van der Waals surface area contributed by atoms with Crippen LogP contribution in [0.15, 0.2) is 30.6 Å². The molecule has 0 amide bonds. The number of aromatic nitrogens is 2. The van der Waals surface area contributed by atoms with E-state index in [2.05, 4.69) is 30.2 Å². The minimum absolute atomic E-state index is 0.194. The second-order valence-electron chi connectivity index (χ2n) is 3.90. The Bertz CT molecular complexity index is 595. The van der Waals surface area contributed by atoms with Crippen molar-refractivity contribution >= 4 is 29.2 Å². The van der Waals surface area contributed by atoms with E-state index in [-0.39, 0.29) is 12.6 Å². The van der Waals surface area contributed by atoms with E-state index >= 15 is 0 Å². The van der Waals surface area contributed by atoms with Gasteiger partial charge in [-0.15, -0.1) is 0 Å². The monoisotopic (exact) mass is 289 g/mol. The lowest BCUT2D eigenvalue weighted by atomic mass is 10.1. The van der Waals surface area contributed by atoms with Gasteiger partial charge >= 0.3 is 0 Å². The molecule has 5 heteroatoms. The number of hydrogen-bond donors (Lipinski definition) is 1. The maximum Gasteiger partial charge on any atom is 0.182 e. The van der Waals surface area contributed by atoms with E-state index in [1.54, 1.807) is 6.20 Å². The molecule has 114 valence electrons. The number of aldehydes is 2. The van der Waals surface area contributed by atoms with E-state index in [1.165, 1.54) is 5.56 Å².